The predicted molar refractivity (Wildman–Crippen MR) is 104 cm³/mol. The Balaban J connectivity index is 1.58. The number of halogens is 1. The van der Waals surface area contributed by atoms with Crippen molar-refractivity contribution in [1.82, 2.24) is 10.0 Å². The summed E-state index contributed by atoms with van der Waals surface area (Å²) in [5.41, 5.74) is 1.04. The van der Waals surface area contributed by atoms with Crippen LogP contribution in [0.2, 0.25) is 5.02 Å². The second kappa shape index (κ2) is 8.29. The van der Waals surface area contributed by atoms with Crippen LogP contribution in [0.3, 0.4) is 0 Å². The topological polar surface area (TPSA) is 84.5 Å². The molecule has 1 fully saturated rings. The van der Waals surface area contributed by atoms with Gasteiger partial charge in [0.05, 0.1) is 11.4 Å². The van der Waals surface area contributed by atoms with Crippen LogP contribution in [0, 0.1) is 6.92 Å². The van der Waals surface area contributed by atoms with Gasteiger partial charge >= 0.3 is 0 Å². The highest BCUT2D eigenvalue weighted by molar-refractivity contribution is 7.89. The summed E-state index contributed by atoms with van der Waals surface area (Å²) in [5, 5.41) is 3.37. The van der Waals surface area contributed by atoms with E-state index in [1.54, 1.807) is 37.3 Å². The monoisotopic (exact) mass is 408 g/mol. The number of ether oxygens (including phenoxy) is 1. The number of benzene rings is 2. The van der Waals surface area contributed by atoms with Crippen LogP contribution < -0.4 is 14.8 Å². The number of amides is 1. The second-order valence-electron chi connectivity index (χ2n) is 6.43. The molecule has 2 N–H and O–H groups in total. The average Bonchev–Trinajstić information content (AvgIpc) is 3.43. The fourth-order valence-corrected chi connectivity index (χ4v) is 3.92. The summed E-state index contributed by atoms with van der Waals surface area (Å²) in [6, 6.07) is 11.5. The molecule has 6 nitrogen and oxygen atoms in total. The lowest BCUT2D eigenvalue weighted by molar-refractivity contribution is 0.0946. The van der Waals surface area contributed by atoms with Crippen molar-refractivity contribution in [1.29, 1.82) is 0 Å². The van der Waals surface area contributed by atoms with Crippen LogP contribution in [0.5, 0.6) is 5.75 Å². The molecule has 27 heavy (non-hydrogen) atoms. The Bertz CT molecular complexity index is 925. The molecule has 0 unspecified atom stereocenters. The third-order valence-electron chi connectivity index (χ3n) is 4.13. The number of aryl methyl sites for hydroxylation is 1. The molecule has 1 aliphatic rings. The van der Waals surface area contributed by atoms with Crippen molar-refractivity contribution in [2.45, 2.75) is 30.7 Å². The maximum Gasteiger partial charge on any atom is 0.251 e. The summed E-state index contributed by atoms with van der Waals surface area (Å²) < 4.78 is 32.8. The van der Waals surface area contributed by atoms with Crippen LogP contribution in [0.4, 0.5) is 0 Å². The van der Waals surface area contributed by atoms with Gasteiger partial charge < -0.3 is 10.1 Å². The summed E-state index contributed by atoms with van der Waals surface area (Å²) in [5.74, 6) is 0.319. The van der Waals surface area contributed by atoms with Gasteiger partial charge in [0.2, 0.25) is 10.0 Å². The normalized spacial score (nSPS) is 14.0. The highest BCUT2D eigenvalue weighted by atomic mass is 35.5. The van der Waals surface area contributed by atoms with Gasteiger partial charge in [-0.05, 0) is 61.7 Å². The van der Waals surface area contributed by atoms with Crippen molar-refractivity contribution in [3.63, 3.8) is 0 Å². The van der Waals surface area contributed by atoms with Crippen LogP contribution in [-0.2, 0) is 10.0 Å². The molecule has 0 aromatic heterocycles. The lowest BCUT2D eigenvalue weighted by Gasteiger charge is -2.11. The van der Waals surface area contributed by atoms with Gasteiger partial charge in [0.15, 0.2) is 0 Å². The Hall–Kier alpha value is -2.09. The molecule has 2 aromatic rings. The summed E-state index contributed by atoms with van der Waals surface area (Å²) in [6.07, 6.45) is 1.71. The van der Waals surface area contributed by atoms with E-state index < -0.39 is 10.0 Å². The Morgan fingerprint density at radius 1 is 1.19 bits per heavy atom. The lowest BCUT2D eigenvalue weighted by atomic mass is 10.1. The van der Waals surface area contributed by atoms with Crippen molar-refractivity contribution < 1.29 is 17.9 Å². The Morgan fingerprint density at radius 3 is 2.56 bits per heavy atom. The van der Waals surface area contributed by atoms with Gasteiger partial charge in [-0.2, -0.15) is 0 Å². The van der Waals surface area contributed by atoms with Gasteiger partial charge in [0.25, 0.3) is 5.91 Å². The van der Waals surface area contributed by atoms with E-state index in [0.717, 1.165) is 12.8 Å². The van der Waals surface area contributed by atoms with Crippen LogP contribution in [0.1, 0.15) is 28.8 Å². The minimum absolute atomic E-state index is 0.0126. The Labute approximate surface area is 163 Å². The summed E-state index contributed by atoms with van der Waals surface area (Å²) in [6.45, 7) is 2.34. The van der Waals surface area contributed by atoms with Gasteiger partial charge in [-0.3, -0.25) is 4.79 Å². The molecule has 3 rings (SSSR count). The van der Waals surface area contributed by atoms with Crippen molar-refractivity contribution in [2.75, 3.05) is 13.2 Å². The maximum atomic E-state index is 12.4. The van der Waals surface area contributed by atoms with E-state index in [0.29, 0.717) is 21.9 Å². The van der Waals surface area contributed by atoms with Crippen molar-refractivity contribution in [3.8, 4) is 5.75 Å². The SMILES string of the molecule is Cc1ccc(S(=O)(=O)NC2CC2)cc1C(=O)NCCOc1ccc(Cl)cc1. The third kappa shape index (κ3) is 5.45. The zero-order valence-corrected chi connectivity index (χ0v) is 16.4. The fourth-order valence-electron chi connectivity index (χ4n) is 2.46. The summed E-state index contributed by atoms with van der Waals surface area (Å²) >= 11 is 5.81. The number of carbonyl (C=O) groups is 1. The molecule has 1 amide bonds. The van der Waals surface area contributed by atoms with Gasteiger partial charge in [-0.25, -0.2) is 13.1 Å². The maximum absolute atomic E-state index is 12.4. The standard InChI is InChI=1S/C19H21ClN2O4S/c1-13-2-9-17(27(24,25)22-15-5-6-15)12-18(13)19(23)21-10-11-26-16-7-3-14(20)4-8-16/h2-4,7-9,12,15,22H,5-6,10-11H2,1H3,(H,21,23). The molecular formula is C19H21ClN2O4S. The van der Waals surface area contributed by atoms with E-state index in [1.807, 2.05) is 0 Å². The smallest absolute Gasteiger partial charge is 0.251 e. The minimum Gasteiger partial charge on any atom is -0.492 e. The molecule has 0 spiro atoms. The third-order valence-corrected chi connectivity index (χ3v) is 5.90. The molecule has 144 valence electrons. The van der Waals surface area contributed by atoms with Crippen molar-refractivity contribution in [2.24, 2.45) is 0 Å². The first-order chi connectivity index (χ1) is 12.8. The van der Waals surface area contributed by atoms with E-state index in [4.69, 9.17) is 16.3 Å². The summed E-state index contributed by atoms with van der Waals surface area (Å²) in [7, 11) is -3.60. The highest BCUT2D eigenvalue weighted by Crippen LogP contribution is 2.23. The molecule has 0 bridgehead atoms. The summed E-state index contributed by atoms with van der Waals surface area (Å²) in [4.78, 5) is 12.5. The predicted octanol–water partition coefficient (Wildman–Crippen LogP) is 2.90. The van der Waals surface area contributed by atoms with Crippen molar-refractivity contribution in [3.05, 3.63) is 58.6 Å². The van der Waals surface area contributed by atoms with E-state index in [9.17, 15) is 13.2 Å². The quantitative estimate of drug-likeness (QED) is 0.658. The molecule has 0 saturated heterocycles. The second-order valence-corrected chi connectivity index (χ2v) is 8.58. The zero-order chi connectivity index (χ0) is 19.4. The number of hydrogen-bond donors (Lipinski definition) is 2. The number of hydrogen-bond acceptors (Lipinski definition) is 4. The van der Waals surface area contributed by atoms with E-state index in [-0.39, 0.29) is 30.0 Å². The zero-order valence-electron chi connectivity index (χ0n) is 14.9. The number of nitrogens with one attached hydrogen (secondary N) is 2. The minimum atomic E-state index is -3.60. The number of carbonyl (C=O) groups excluding carboxylic acids is 1. The lowest BCUT2D eigenvalue weighted by Crippen LogP contribution is -2.29. The highest BCUT2D eigenvalue weighted by Gasteiger charge is 2.28. The van der Waals surface area contributed by atoms with Crippen molar-refractivity contribution >= 4 is 27.5 Å². The van der Waals surface area contributed by atoms with Crippen LogP contribution >= 0.6 is 11.6 Å². The van der Waals surface area contributed by atoms with Crippen LogP contribution in [0.25, 0.3) is 0 Å². The van der Waals surface area contributed by atoms with Gasteiger partial charge in [-0.1, -0.05) is 17.7 Å². The van der Waals surface area contributed by atoms with Gasteiger partial charge in [0.1, 0.15) is 12.4 Å². The van der Waals surface area contributed by atoms with Gasteiger partial charge in [0, 0.05) is 16.6 Å². The van der Waals surface area contributed by atoms with E-state index >= 15 is 0 Å². The Morgan fingerprint density at radius 2 is 1.89 bits per heavy atom. The fraction of sp³-hybridized carbons (Fsp3) is 0.316. The molecule has 0 atom stereocenters. The number of rotatable bonds is 8. The number of sulfonamides is 1. The molecule has 1 saturated carbocycles. The van der Waals surface area contributed by atoms with E-state index in [2.05, 4.69) is 10.0 Å². The largest absolute Gasteiger partial charge is 0.492 e. The molecule has 0 radical (unpaired) electrons. The first kappa shape index (κ1) is 19.7. The molecule has 1 aliphatic carbocycles. The van der Waals surface area contributed by atoms with Crippen LogP contribution in [-0.4, -0.2) is 33.5 Å². The van der Waals surface area contributed by atoms with E-state index in [1.165, 1.54) is 12.1 Å². The first-order valence-corrected chi connectivity index (χ1v) is 10.5. The van der Waals surface area contributed by atoms with Gasteiger partial charge in [-0.15, -0.1) is 0 Å². The molecule has 0 aliphatic heterocycles. The average molecular weight is 409 g/mol. The first-order valence-electron chi connectivity index (χ1n) is 8.65. The molecule has 8 heteroatoms. The molecular weight excluding hydrogens is 388 g/mol. The molecule has 0 heterocycles. The Kier molecular flexibility index (Phi) is 6.04. The molecule has 2 aromatic carbocycles. The van der Waals surface area contributed by atoms with Crippen LogP contribution in [0.15, 0.2) is 47.4 Å².